The van der Waals surface area contributed by atoms with Crippen molar-refractivity contribution in [3.05, 3.63) is 0 Å². The third kappa shape index (κ3) is 2.40. The van der Waals surface area contributed by atoms with Gasteiger partial charge in [0.2, 0.25) is 5.91 Å². The van der Waals surface area contributed by atoms with Crippen LogP contribution in [-0.4, -0.2) is 16.8 Å². The van der Waals surface area contributed by atoms with Crippen molar-refractivity contribution in [1.29, 1.82) is 5.26 Å². The van der Waals surface area contributed by atoms with Crippen molar-refractivity contribution in [1.82, 2.24) is 5.32 Å². The molecule has 16 heavy (non-hydrogen) atoms. The predicted octanol–water partition coefficient (Wildman–Crippen LogP) is 2.36. The summed E-state index contributed by atoms with van der Waals surface area (Å²) >= 11 is 3.49. The maximum atomic E-state index is 12.1. The number of hydrogen-bond donors (Lipinski definition) is 1. The van der Waals surface area contributed by atoms with Crippen molar-refractivity contribution in [2.45, 2.75) is 44.1 Å². The average molecular weight is 285 g/mol. The molecule has 2 atom stereocenters. The number of hydrogen-bond acceptors (Lipinski definition) is 2. The van der Waals surface area contributed by atoms with Crippen LogP contribution in [0.3, 0.4) is 0 Å². The Labute approximate surface area is 105 Å². The number of alkyl halides is 1. The van der Waals surface area contributed by atoms with Crippen molar-refractivity contribution in [3.63, 3.8) is 0 Å². The summed E-state index contributed by atoms with van der Waals surface area (Å²) in [4.78, 5) is 12.1. The average Bonchev–Trinajstić information content (AvgIpc) is 3.09. The van der Waals surface area contributed by atoms with Gasteiger partial charge >= 0.3 is 0 Å². The van der Waals surface area contributed by atoms with Crippen molar-refractivity contribution < 1.29 is 4.79 Å². The zero-order chi connectivity index (χ0) is 11.6. The largest absolute Gasteiger partial charge is 0.338 e. The fourth-order valence-electron chi connectivity index (χ4n) is 2.46. The zero-order valence-electron chi connectivity index (χ0n) is 9.34. The van der Waals surface area contributed by atoms with E-state index in [2.05, 4.69) is 27.3 Å². The second kappa shape index (κ2) is 4.75. The lowest BCUT2D eigenvalue weighted by atomic mass is 9.80. The first-order valence-corrected chi connectivity index (χ1v) is 7.12. The van der Waals surface area contributed by atoms with Gasteiger partial charge in [0.1, 0.15) is 5.54 Å². The van der Waals surface area contributed by atoms with E-state index in [0.29, 0.717) is 5.92 Å². The van der Waals surface area contributed by atoms with E-state index in [4.69, 9.17) is 5.26 Å². The summed E-state index contributed by atoms with van der Waals surface area (Å²) in [6.07, 6.45) is 6.11. The van der Waals surface area contributed by atoms with Crippen LogP contribution >= 0.6 is 15.9 Å². The van der Waals surface area contributed by atoms with Crippen LogP contribution in [-0.2, 0) is 4.79 Å². The lowest BCUT2D eigenvalue weighted by molar-refractivity contribution is -0.128. The molecule has 88 valence electrons. The molecule has 4 heteroatoms. The zero-order valence-corrected chi connectivity index (χ0v) is 10.9. The van der Waals surface area contributed by atoms with Crippen LogP contribution in [0.4, 0.5) is 0 Å². The topological polar surface area (TPSA) is 52.9 Å². The molecule has 2 aliphatic rings. The molecule has 0 radical (unpaired) electrons. The minimum Gasteiger partial charge on any atom is -0.338 e. The van der Waals surface area contributed by atoms with E-state index in [1.165, 1.54) is 6.42 Å². The third-order valence-corrected chi connectivity index (χ3v) is 4.60. The minimum absolute atomic E-state index is 0.100. The highest BCUT2D eigenvalue weighted by Crippen LogP contribution is 2.37. The highest BCUT2D eigenvalue weighted by Gasteiger charge is 2.46. The summed E-state index contributed by atoms with van der Waals surface area (Å²) in [6, 6.07) is 2.21. The Balaban J connectivity index is 1.95. The Kier molecular flexibility index (Phi) is 3.53. The maximum Gasteiger partial charge on any atom is 0.224 e. The van der Waals surface area contributed by atoms with Crippen LogP contribution in [0.15, 0.2) is 0 Å². The van der Waals surface area contributed by atoms with Crippen molar-refractivity contribution in [2.75, 3.05) is 5.33 Å². The first-order chi connectivity index (χ1) is 7.71. The quantitative estimate of drug-likeness (QED) is 0.809. The fourth-order valence-corrected chi connectivity index (χ4v) is 3.23. The van der Waals surface area contributed by atoms with Crippen LogP contribution in [0.1, 0.15) is 38.5 Å². The van der Waals surface area contributed by atoms with Gasteiger partial charge in [0.25, 0.3) is 0 Å². The van der Waals surface area contributed by atoms with E-state index in [-0.39, 0.29) is 11.8 Å². The van der Waals surface area contributed by atoms with E-state index in [1.54, 1.807) is 0 Å². The molecule has 0 bridgehead atoms. The molecule has 2 unspecified atom stereocenters. The normalized spacial score (nSPS) is 31.5. The van der Waals surface area contributed by atoms with Crippen molar-refractivity contribution >= 4 is 21.8 Å². The molecule has 1 amide bonds. The number of nitriles is 1. The first-order valence-electron chi connectivity index (χ1n) is 6.00. The number of carbonyl (C=O) groups excluding carboxylic acids is 1. The number of halogens is 1. The minimum atomic E-state index is -0.509. The van der Waals surface area contributed by atoms with Gasteiger partial charge in [-0.25, -0.2) is 0 Å². The second-order valence-corrected chi connectivity index (χ2v) is 5.64. The molecule has 0 spiro atoms. The van der Waals surface area contributed by atoms with Crippen LogP contribution in [0.5, 0.6) is 0 Å². The van der Waals surface area contributed by atoms with E-state index in [1.807, 2.05) is 0 Å². The Bertz CT molecular complexity index is 319. The van der Waals surface area contributed by atoms with Crippen LogP contribution in [0, 0.1) is 23.2 Å². The Morgan fingerprint density at radius 3 is 2.69 bits per heavy atom. The fraction of sp³-hybridized carbons (Fsp3) is 0.833. The van der Waals surface area contributed by atoms with E-state index in [0.717, 1.165) is 37.4 Å². The molecule has 1 N–H and O–H groups in total. The standard InChI is InChI=1S/C12H17BrN2O/c13-7-9-3-1-2-4-10(9)11(16)15-12(8-14)5-6-12/h9-10H,1-7H2,(H,15,16). The Morgan fingerprint density at radius 2 is 2.12 bits per heavy atom. The summed E-state index contributed by atoms with van der Waals surface area (Å²) in [6.45, 7) is 0. The maximum absolute atomic E-state index is 12.1. The highest BCUT2D eigenvalue weighted by atomic mass is 79.9. The molecule has 0 saturated heterocycles. The summed E-state index contributed by atoms with van der Waals surface area (Å²) in [7, 11) is 0. The first kappa shape index (κ1) is 11.9. The predicted molar refractivity (Wildman–Crippen MR) is 65.0 cm³/mol. The van der Waals surface area contributed by atoms with Gasteiger partial charge in [-0.1, -0.05) is 28.8 Å². The Morgan fingerprint density at radius 1 is 1.44 bits per heavy atom. The van der Waals surface area contributed by atoms with E-state index in [9.17, 15) is 4.79 Å². The summed E-state index contributed by atoms with van der Waals surface area (Å²) in [5.41, 5.74) is -0.509. The number of nitrogens with one attached hydrogen (secondary N) is 1. The van der Waals surface area contributed by atoms with Crippen LogP contribution < -0.4 is 5.32 Å². The molecule has 2 saturated carbocycles. The number of rotatable bonds is 3. The summed E-state index contributed by atoms with van der Waals surface area (Å²) in [5, 5.41) is 12.8. The molecule has 2 rings (SSSR count). The van der Waals surface area contributed by atoms with Gasteiger partial charge in [0, 0.05) is 11.2 Å². The monoisotopic (exact) mass is 284 g/mol. The van der Waals surface area contributed by atoms with Gasteiger partial charge in [-0.2, -0.15) is 5.26 Å². The van der Waals surface area contributed by atoms with Gasteiger partial charge in [-0.3, -0.25) is 4.79 Å². The van der Waals surface area contributed by atoms with Crippen molar-refractivity contribution in [3.8, 4) is 6.07 Å². The highest BCUT2D eigenvalue weighted by molar-refractivity contribution is 9.09. The molecule has 2 aliphatic carbocycles. The Hall–Kier alpha value is -0.560. The summed E-state index contributed by atoms with van der Waals surface area (Å²) in [5.74, 6) is 0.658. The molecule has 0 aromatic heterocycles. The van der Waals surface area contributed by atoms with Crippen LogP contribution in [0.25, 0.3) is 0 Å². The molecule has 0 aromatic rings. The molecule has 2 fully saturated rings. The number of nitrogens with zero attached hydrogens (tertiary/aromatic N) is 1. The summed E-state index contributed by atoms with van der Waals surface area (Å²) < 4.78 is 0. The molecule has 3 nitrogen and oxygen atoms in total. The lowest BCUT2D eigenvalue weighted by Gasteiger charge is -2.29. The van der Waals surface area contributed by atoms with Gasteiger partial charge in [0.05, 0.1) is 6.07 Å². The molecule has 0 heterocycles. The van der Waals surface area contributed by atoms with Crippen molar-refractivity contribution in [2.24, 2.45) is 11.8 Å². The van der Waals surface area contributed by atoms with E-state index >= 15 is 0 Å². The van der Waals surface area contributed by atoms with Gasteiger partial charge in [-0.15, -0.1) is 0 Å². The van der Waals surface area contributed by atoms with Gasteiger partial charge in [0.15, 0.2) is 0 Å². The van der Waals surface area contributed by atoms with Gasteiger partial charge in [-0.05, 0) is 31.6 Å². The lowest BCUT2D eigenvalue weighted by Crippen LogP contribution is -2.43. The van der Waals surface area contributed by atoms with Crippen LogP contribution in [0.2, 0.25) is 0 Å². The number of amides is 1. The second-order valence-electron chi connectivity index (χ2n) is 4.99. The SMILES string of the molecule is N#CC1(NC(=O)C2CCCCC2CBr)CC1. The number of carbonyl (C=O) groups is 1. The van der Waals surface area contributed by atoms with Gasteiger partial charge < -0.3 is 5.32 Å². The smallest absolute Gasteiger partial charge is 0.224 e. The molecule has 0 aromatic carbocycles. The van der Waals surface area contributed by atoms with E-state index < -0.39 is 5.54 Å². The third-order valence-electron chi connectivity index (χ3n) is 3.77. The molecular formula is C12H17BrN2O. The molecule has 0 aliphatic heterocycles. The molecular weight excluding hydrogens is 268 g/mol.